The lowest BCUT2D eigenvalue weighted by Crippen LogP contribution is -1.96. The first-order valence-corrected chi connectivity index (χ1v) is 7.73. The van der Waals surface area contributed by atoms with Gasteiger partial charge in [0, 0.05) is 5.56 Å². The van der Waals surface area contributed by atoms with Gasteiger partial charge in [-0.05, 0) is 42.1 Å². The van der Waals surface area contributed by atoms with Gasteiger partial charge in [-0.3, -0.25) is 0 Å². The molecule has 4 heteroatoms. The number of thiophene rings is 1. The first-order valence-electron chi connectivity index (χ1n) is 6.85. The minimum atomic E-state index is -0.130. The van der Waals surface area contributed by atoms with Gasteiger partial charge in [-0.2, -0.15) is 0 Å². The summed E-state index contributed by atoms with van der Waals surface area (Å²) in [5.41, 5.74) is 0.914. The maximum absolute atomic E-state index is 8.74. The van der Waals surface area contributed by atoms with Crippen molar-refractivity contribution in [2.24, 2.45) is 0 Å². The van der Waals surface area contributed by atoms with Gasteiger partial charge in [0.1, 0.15) is 24.7 Å². The van der Waals surface area contributed by atoms with Gasteiger partial charge >= 0.3 is 0 Å². The molecule has 2 rings (SSSR count). The van der Waals surface area contributed by atoms with Crippen LogP contribution in [0.4, 0.5) is 0 Å². The summed E-state index contributed by atoms with van der Waals surface area (Å²) >= 11 is 1.60. The SMILES string of the molecule is CCCOc1ccc(OCc2sccc2C#CCO)cc1. The Hall–Kier alpha value is -1.96. The molecule has 0 unspecified atom stereocenters. The third kappa shape index (κ3) is 4.82. The number of aliphatic hydroxyl groups excluding tert-OH is 1. The first-order chi connectivity index (χ1) is 10.3. The Balaban J connectivity index is 1.92. The van der Waals surface area contributed by atoms with Crippen LogP contribution < -0.4 is 9.47 Å². The molecule has 3 nitrogen and oxygen atoms in total. The molecule has 21 heavy (non-hydrogen) atoms. The van der Waals surface area contributed by atoms with Crippen molar-refractivity contribution < 1.29 is 14.6 Å². The van der Waals surface area contributed by atoms with Crippen LogP contribution in [0.1, 0.15) is 23.8 Å². The summed E-state index contributed by atoms with van der Waals surface area (Å²) < 4.78 is 11.3. The first kappa shape index (κ1) is 15.4. The summed E-state index contributed by atoms with van der Waals surface area (Å²) in [6.45, 7) is 3.15. The summed E-state index contributed by atoms with van der Waals surface area (Å²) in [5, 5.41) is 10.7. The van der Waals surface area contributed by atoms with Crippen LogP contribution in [-0.2, 0) is 6.61 Å². The third-order valence-electron chi connectivity index (χ3n) is 2.71. The fourth-order valence-electron chi connectivity index (χ4n) is 1.70. The van der Waals surface area contributed by atoms with E-state index in [-0.39, 0.29) is 6.61 Å². The Bertz CT molecular complexity index is 605. The van der Waals surface area contributed by atoms with Crippen molar-refractivity contribution in [1.29, 1.82) is 0 Å². The highest BCUT2D eigenvalue weighted by atomic mass is 32.1. The molecule has 1 aromatic carbocycles. The zero-order valence-corrected chi connectivity index (χ0v) is 12.8. The zero-order valence-electron chi connectivity index (χ0n) is 12.0. The Labute approximate surface area is 129 Å². The number of hydrogen-bond acceptors (Lipinski definition) is 4. The number of aliphatic hydroxyl groups is 1. The van der Waals surface area contributed by atoms with E-state index in [2.05, 4.69) is 18.8 Å². The van der Waals surface area contributed by atoms with E-state index in [1.807, 2.05) is 35.7 Å². The molecule has 1 aromatic heterocycles. The van der Waals surface area contributed by atoms with Gasteiger partial charge in [0.2, 0.25) is 0 Å². The molecule has 0 fully saturated rings. The highest BCUT2D eigenvalue weighted by Crippen LogP contribution is 2.21. The molecule has 0 aliphatic rings. The molecule has 1 heterocycles. The van der Waals surface area contributed by atoms with E-state index in [1.165, 1.54) is 0 Å². The minimum absolute atomic E-state index is 0.130. The molecular formula is C17H18O3S. The lowest BCUT2D eigenvalue weighted by atomic mass is 10.2. The topological polar surface area (TPSA) is 38.7 Å². The Kier molecular flexibility index (Phi) is 6.14. The molecule has 0 radical (unpaired) electrons. The van der Waals surface area contributed by atoms with Crippen molar-refractivity contribution in [2.45, 2.75) is 20.0 Å². The summed E-state index contributed by atoms with van der Waals surface area (Å²) in [7, 11) is 0. The van der Waals surface area contributed by atoms with Crippen LogP contribution in [0.15, 0.2) is 35.7 Å². The smallest absolute Gasteiger partial charge is 0.124 e. The monoisotopic (exact) mass is 302 g/mol. The van der Waals surface area contributed by atoms with Crippen molar-refractivity contribution >= 4 is 11.3 Å². The van der Waals surface area contributed by atoms with Crippen molar-refractivity contribution in [3.63, 3.8) is 0 Å². The fraction of sp³-hybridized carbons (Fsp3) is 0.294. The van der Waals surface area contributed by atoms with Gasteiger partial charge in [0.05, 0.1) is 11.5 Å². The summed E-state index contributed by atoms with van der Waals surface area (Å²) in [4.78, 5) is 1.06. The number of benzene rings is 1. The Morgan fingerprint density at radius 1 is 1.10 bits per heavy atom. The van der Waals surface area contributed by atoms with E-state index in [0.717, 1.165) is 35.0 Å². The average Bonchev–Trinajstić information content (AvgIpc) is 2.97. The van der Waals surface area contributed by atoms with Gasteiger partial charge in [-0.15, -0.1) is 11.3 Å². The second kappa shape index (κ2) is 8.35. The molecule has 0 aliphatic carbocycles. The minimum Gasteiger partial charge on any atom is -0.494 e. The lowest BCUT2D eigenvalue weighted by Gasteiger charge is -2.07. The van der Waals surface area contributed by atoms with Crippen LogP contribution in [0.5, 0.6) is 11.5 Å². The van der Waals surface area contributed by atoms with Crippen LogP contribution in [-0.4, -0.2) is 18.3 Å². The van der Waals surface area contributed by atoms with Crippen LogP contribution >= 0.6 is 11.3 Å². The summed E-state index contributed by atoms with van der Waals surface area (Å²) in [6.07, 6.45) is 0.994. The molecule has 0 amide bonds. The second-order valence-electron chi connectivity index (χ2n) is 4.33. The molecule has 1 N–H and O–H groups in total. The maximum atomic E-state index is 8.74. The second-order valence-corrected chi connectivity index (χ2v) is 5.33. The zero-order chi connectivity index (χ0) is 14.9. The number of hydrogen-bond donors (Lipinski definition) is 1. The standard InChI is InChI=1S/C17H18O3S/c1-2-11-19-15-5-7-16(8-6-15)20-13-17-14(4-3-10-18)9-12-21-17/h5-9,12,18H,2,10-11,13H2,1H3. The van der Waals surface area contributed by atoms with Crippen molar-refractivity contribution in [2.75, 3.05) is 13.2 Å². The van der Waals surface area contributed by atoms with E-state index >= 15 is 0 Å². The van der Waals surface area contributed by atoms with E-state index < -0.39 is 0 Å². The van der Waals surface area contributed by atoms with E-state index in [0.29, 0.717) is 6.61 Å². The van der Waals surface area contributed by atoms with Crippen LogP contribution in [0, 0.1) is 11.8 Å². The largest absolute Gasteiger partial charge is 0.494 e. The van der Waals surface area contributed by atoms with Gasteiger partial charge in [0.15, 0.2) is 0 Å². The third-order valence-corrected chi connectivity index (χ3v) is 3.61. The average molecular weight is 302 g/mol. The van der Waals surface area contributed by atoms with E-state index in [1.54, 1.807) is 11.3 Å². The molecule has 0 bridgehead atoms. The molecule has 110 valence electrons. The quantitative estimate of drug-likeness (QED) is 0.831. The molecule has 0 spiro atoms. The van der Waals surface area contributed by atoms with Crippen molar-refractivity contribution in [3.05, 3.63) is 46.2 Å². The van der Waals surface area contributed by atoms with Gasteiger partial charge in [-0.1, -0.05) is 18.8 Å². The maximum Gasteiger partial charge on any atom is 0.124 e. The van der Waals surface area contributed by atoms with Crippen molar-refractivity contribution in [1.82, 2.24) is 0 Å². The normalized spacial score (nSPS) is 9.81. The molecule has 2 aromatic rings. The number of ether oxygens (including phenoxy) is 2. The predicted octanol–water partition coefficient (Wildman–Crippen LogP) is 3.46. The van der Waals surface area contributed by atoms with Gasteiger partial charge in [0.25, 0.3) is 0 Å². The van der Waals surface area contributed by atoms with Gasteiger partial charge < -0.3 is 14.6 Å². The van der Waals surface area contributed by atoms with Crippen LogP contribution in [0.2, 0.25) is 0 Å². The summed E-state index contributed by atoms with van der Waals surface area (Å²) in [6, 6.07) is 9.56. The predicted molar refractivity (Wildman–Crippen MR) is 84.8 cm³/mol. The highest BCUT2D eigenvalue weighted by Gasteiger charge is 2.03. The van der Waals surface area contributed by atoms with Crippen LogP contribution in [0.25, 0.3) is 0 Å². The van der Waals surface area contributed by atoms with Crippen molar-refractivity contribution in [3.8, 4) is 23.3 Å². The van der Waals surface area contributed by atoms with Gasteiger partial charge in [-0.25, -0.2) is 0 Å². The molecule has 0 atom stereocenters. The molecule has 0 saturated heterocycles. The lowest BCUT2D eigenvalue weighted by molar-refractivity contribution is 0.303. The fourth-order valence-corrected chi connectivity index (χ4v) is 2.44. The number of rotatable bonds is 6. The highest BCUT2D eigenvalue weighted by molar-refractivity contribution is 7.10. The van der Waals surface area contributed by atoms with E-state index in [9.17, 15) is 0 Å². The summed E-state index contributed by atoms with van der Waals surface area (Å²) in [5.74, 6) is 7.23. The molecule has 0 saturated carbocycles. The van der Waals surface area contributed by atoms with E-state index in [4.69, 9.17) is 14.6 Å². The Morgan fingerprint density at radius 2 is 1.81 bits per heavy atom. The molecular weight excluding hydrogens is 284 g/mol. The Morgan fingerprint density at radius 3 is 2.48 bits per heavy atom. The molecule has 0 aliphatic heterocycles. The van der Waals surface area contributed by atoms with Crippen LogP contribution in [0.3, 0.4) is 0 Å².